The Bertz CT molecular complexity index is 990. The van der Waals surface area contributed by atoms with Crippen molar-refractivity contribution in [3.05, 3.63) is 42.0 Å². The summed E-state index contributed by atoms with van der Waals surface area (Å²) in [5.74, 6) is 0.444. The summed E-state index contributed by atoms with van der Waals surface area (Å²) in [6, 6.07) is 6.72. The van der Waals surface area contributed by atoms with Gasteiger partial charge in [-0.25, -0.2) is 9.67 Å². The third kappa shape index (κ3) is 3.75. The number of hydrogen-bond donors (Lipinski definition) is 1. The van der Waals surface area contributed by atoms with Gasteiger partial charge in [0.25, 0.3) is 5.91 Å². The van der Waals surface area contributed by atoms with Gasteiger partial charge in [0, 0.05) is 18.9 Å². The number of aromatic nitrogens is 4. The third-order valence-corrected chi connectivity index (χ3v) is 5.09. The molecule has 3 aromatic rings. The number of piperidine rings is 1. The number of likely N-dealkylation sites (tertiary alicyclic amines) is 1. The quantitative estimate of drug-likeness (QED) is 0.727. The number of aryl methyl sites for hydroxylation is 1. The van der Waals surface area contributed by atoms with E-state index in [4.69, 9.17) is 4.98 Å². The van der Waals surface area contributed by atoms with Gasteiger partial charge < -0.3 is 9.88 Å². The highest BCUT2D eigenvalue weighted by Gasteiger charge is 2.17. The van der Waals surface area contributed by atoms with Crippen molar-refractivity contribution in [1.29, 1.82) is 0 Å². The first kappa shape index (κ1) is 18.5. The minimum Gasteiger partial charge on any atom is -0.330 e. The number of amides is 1. The van der Waals surface area contributed by atoms with Crippen molar-refractivity contribution in [3.8, 4) is 0 Å². The van der Waals surface area contributed by atoms with E-state index in [1.54, 1.807) is 12.1 Å². The Labute approximate surface area is 160 Å². The molecule has 2 aromatic heterocycles. The Morgan fingerprint density at radius 1 is 1.21 bits per heavy atom. The molecular weight excluding hydrogens is 366 g/mol. The van der Waals surface area contributed by atoms with Crippen molar-refractivity contribution in [1.82, 2.24) is 24.2 Å². The molecule has 0 saturated carbocycles. The van der Waals surface area contributed by atoms with Crippen molar-refractivity contribution in [3.63, 3.8) is 0 Å². The fourth-order valence-electron chi connectivity index (χ4n) is 3.55. The summed E-state index contributed by atoms with van der Waals surface area (Å²) in [6.45, 7) is 0.216. The van der Waals surface area contributed by atoms with Gasteiger partial charge in [-0.05, 0) is 50.2 Å². The summed E-state index contributed by atoms with van der Waals surface area (Å²) in [4.78, 5) is 19.4. The van der Waals surface area contributed by atoms with Crippen LogP contribution in [0.2, 0.25) is 0 Å². The lowest BCUT2D eigenvalue weighted by atomic mass is 10.1. The molecular formula is C19H22F2N6O. The van der Waals surface area contributed by atoms with Crippen LogP contribution >= 0.6 is 0 Å². The molecule has 1 saturated heterocycles. The van der Waals surface area contributed by atoms with Crippen LogP contribution in [-0.2, 0) is 13.6 Å². The van der Waals surface area contributed by atoms with Crippen LogP contribution < -0.4 is 5.32 Å². The van der Waals surface area contributed by atoms with E-state index in [9.17, 15) is 13.6 Å². The van der Waals surface area contributed by atoms with Gasteiger partial charge in [-0.15, -0.1) is 0 Å². The van der Waals surface area contributed by atoms with Gasteiger partial charge in [-0.1, -0.05) is 6.42 Å². The first-order valence-electron chi connectivity index (χ1n) is 9.33. The third-order valence-electron chi connectivity index (χ3n) is 5.09. The molecule has 0 bridgehead atoms. The molecule has 1 aliphatic rings. The van der Waals surface area contributed by atoms with E-state index in [1.807, 2.05) is 13.1 Å². The van der Waals surface area contributed by atoms with Gasteiger partial charge in [-0.2, -0.15) is 13.9 Å². The summed E-state index contributed by atoms with van der Waals surface area (Å²) < 4.78 is 27.7. The summed E-state index contributed by atoms with van der Waals surface area (Å²) >= 11 is 0. The van der Waals surface area contributed by atoms with E-state index in [1.165, 1.54) is 25.3 Å². The maximum absolute atomic E-state index is 12.6. The number of anilines is 1. The standard InChI is InChI=1S/C19H22F2N6O/c1-25-16-6-5-13(22-18(28)14-7-10-27(24-14)19(20)21)11-15(16)23-17(25)12-26-8-3-2-4-9-26/h5-7,10-11,19H,2-4,8-9,12H2,1H3,(H,22,28). The van der Waals surface area contributed by atoms with Crippen LogP contribution in [0.1, 0.15) is 42.1 Å². The molecule has 3 heterocycles. The molecule has 9 heteroatoms. The fourth-order valence-corrected chi connectivity index (χ4v) is 3.55. The molecule has 1 aliphatic heterocycles. The molecule has 28 heavy (non-hydrogen) atoms. The predicted molar refractivity (Wildman–Crippen MR) is 101 cm³/mol. The number of imidazole rings is 1. The Morgan fingerprint density at radius 2 is 2.00 bits per heavy atom. The summed E-state index contributed by atoms with van der Waals surface area (Å²) in [5.41, 5.74) is 2.25. The number of carbonyl (C=O) groups is 1. The number of alkyl halides is 2. The number of benzene rings is 1. The number of fused-ring (bicyclic) bond motifs is 1. The molecule has 0 spiro atoms. The molecule has 4 rings (SSSR count). The molecule has 1 aromatic carbocycles. The van der Waals surface area contributed by atoms with E-state index < -0.39 is 12.5 Å². The maximum atomic E-state index is 12.6. The SMILES string of the molecule is Cn1c(CN2CCCCC2)nc2cc(NC(=O)c3ccn(C(F)F)n3)ccc21. The zero-order chi connectivity index (χ0) is 19.7. The maximum Gasteiger partial charge on any atom is 0.333 e. The number of nitrogens with zero attached hydrogens (tertiary/aromatic N) is 5. The van der Waals surface area contributed by atoms with Crippen LogP contribution in [0.25, 0.3) is 11.0 Å². The van der Waals surface area contributed by atoms with E-state index in [0.29, 0.717) is 10.4 Å². The van der Waals surface area contributed by atoms with Crippen LogP contribution in [0.5, 0.6) is 0 Å². The zero-order valence-electron chi connectivity index (χ0n) is 15.6. The van der Waals surface area contributed by atoms with Gasteiger partial charge in [0.2, 0.25) is 0 Å². The summed E-state index contributed by atoms with van der Waals surface area (Å²) in [7, 11) is 1.99. The highest BCUT2D eigenvalue weighted by molar-refractivity contribution is 6.03. The van der Waals surface area contributed by atoms with E-state index in [2.05, 4.69) is 19.9 Å². The van der Waals surface area contributed by atoms with E-state index in [0.717, 1.165) is 42.7 Å². The first-order chi connectivity index (χ1) is 13.5. The smallest absolute Gasteiger partial charge is 0.330 e. The lowest BCUT2D eigenvalue weighted by Gasteiger charge is -2.25. The molecule has 7 nitrogen and oxygen atoms in total. The van der Waals surface area contributed by atoms with Crippen molar-refractivity contribution in [2.24, 2.45) is 7.05 Å². The zero-order valence-corrected chi connectivity index (χ0v) is 15.6. The van der Waals surface area contributed by atoms with Gasteiger partial charge in [-0.3, -0.25) is 9.69 Å². The fraction of sp³-hybridized carbons (Fsp3) is 0.421. The molecule has 1 N–H and O–H groups in total. The number of carbonyl (C=O) groups excluding carboxylic acids is 1. The second-order valence-corrected chi connectivity index (χ2v) is 7.04. The van der Waals surface area contributed by atoms with Crippen LogP contribution in [0.3, 0.4) is 0 Å². The normalized spacial score (nSPS) is 15.4. The minimum absolute atomic E-state index is 0.0628. The first-order valence-corrected chi connectivity index (χ1v) is 9.33. The molecule has 0 atom stereocenters. The van der Waals surface area contributed by atoms with Crippen molar-refractivity contribution < 1.29 is 13.6 Å². The van der Waals surface area contributed by atoms with Gasteiger partial charge in [0.1, 0.15) is 5.82 Å². The van der Waals surface area contributed by atoms with Crippen LogP contribution in [0.15, 0.2) is 30.5 Å². The van der Waals surface area contributed by atoms with Crippen LogP contribution in [0.4, 0.5) is 14.5 Å². The molecule has 0 radical (unpaired) electrons. The number of halogens is 2. The van der Waals surface area contributed by atoms with E-state index in [-0.39, 0.29) is 5.69 Å². The largest absolute Gasteiger partial charge is 0.333 e. The summed E-state index contributed by atoms with van der Waals surface area (Å²) in [6.07, 6.45) is 4.81. The highest BCUT2D eigenvalue weighted by Crippen LogP contribution is 2.22. The van der Waals surface area contributed by atoms with Crippen molar-refractivity contribution in [2.45, 2.75) is 32.4 Å². The molecule has 1 fully saturated rings. The van der Waals surface area contributed by atoms with Gasteiger partial charge in [0.15, 0.2) is 5.69 Å². The average Bonchev–Trinajstić information content (AvgIpc) is 3.29. The second kappa shape index (κ2) is 7.67. The van der Waals surface area contributed by atoms with E-state index >= 15 is 0 Å². The second-order valence-electron chi connectivity index (χ2n) is 7.04. The molecule has 1 amide bonds. The van der Waals surface area contributed by atoms with Crippen LogP contribution in [-0.4, -0.2) is 43.2 Å². The van der Waals surface area contributed by atoms with Crippen LogP contribution in [0, 0.1) is 0 Å². The Kier molecular flexibility index (Phi) is 5.08. The number of nitrogens with one attached hydrogen (secondary N) is 1. The highest BCUT2D eigenvalue weighted by atomic mass is 19.3. The topological polar surface area (TPSA) is 68.0 Å². The monoisotopic (exact) mass is 388 g/mol. The van der Waals surface area contributed by atoms with Crippen molar-refractivity contribution in [2.75, 3.05) is 18.4 Å². The lowest BCUT2D eigenvalue weighted by molar-refractivity contribution is 0.0561. The molecule has 0 aliphatic carbocycles. The number of rotatable bonds is 5. The molecule has 0 unspecified atom stereocenters. The Hall–Kier alpha value is -2.81. The number of hydrogen-bond acceptors (Lipinski definition) is 4. The van der Waals surface area contributed by atoms with Gasteiger partial charge in [0.05, 0.1) is 17.6 Å². The lowest BCUT2D eigenvalue weighted by Crippen LogP contribution is -2.30. The minimum atomic E-state index is -2.77. The Balaban J connectivity index is 1.51. The predicted octanol–water partition coefficient (Wildman–Crippen LogP) is 3.40. The van der Waals surface area contributed by atoms with Gasteiger partial charge >= 0.3 is 6.55 Å². The summed E-state index contributed by atoms with van der Waals surface area (Å²) in [5, 5.41) is 6.27. The Morgan fingerprint density at radius 3 is 2.71 bits per heavy atom. The molecule has 148 valence electrons. The average molecular weight is 388 g/mol. The van der Waals surface area contributed by atoms with Crippen molar-refractivity contribution >= 4 is 22.6 Å².